The minimum atomic E-state index is -0.206. The van der Waals surface area contributed by atoms with Crippen molar-refractivity contribution in [2.45, 2.75) is 57.5 Å². The Labute approximate surface area is 98.5 Å². The fourth-order valence-electron chi connectivity index (χ4n) is 2.51. The van der Waals surface area contributed by atoms with E-state index in [4.69, 9.17) is 0 Å². The Bertz CT molecular complexity index is 339. The maximum absolute atomic E-state index is 9.42. The van der Waals surface area contributed by atoms with Crippen molar-refractivity contribution in [1.82, 2.24) is 0 Å². The Morgan fingerprint density at radius 3 is 2.62 bits per heavy atom. The lowest BCUT2D eigenvalue weighted by Gasteiger charge is -2.26. The SMILES string of the molecule is CC(O)CC(C)c1cccc(C2CCC2)c1. The Morgan fingerprint density at radius 1 is 1.31 bits per heavy atom. The summed E-state index contributed by atoms with van der Waals surface area (Å²) in [5.41, 5.74) is 2.88. The predicted octanol–water partition coefficient (Wildman–Crippen LogP) is 3.83. The van der Waals surface area contributed by atoms with Crippen LogP contribution in [0.4, 0.5) is 0 Å². The molecule has 1 aromatic rings. The van der Waals surface area contributed by atoms with E-state index in [1.54, 1.807) is 0 Å². The monoisotopic (exact) mass is 218 g/mol. The average molecular weight is 218 g/mol. The second-order valence-electron chi connectivity index (χ2n) is 5.28. The van der Waals surface area contributed by atoms with Crippen LogP contribution >= 0.6 is 0 Å². The van der Waals surface area contributed by atoms with E-state index in [2.05, 4.69) is 31.2 Å². The smallest absolute Gasteiger partial charge is 0.0517 e. The number of hydrogen-bond donors (Lipinski definition) is 1. The van der Waals surface area contributed by atoms with Gasteiger partial charge in [-0.25, -0.2) is 0 Å². The van der Waals surface area contributed by atoms with Crippen LogP contribution in [-0.4, -0.2) is 11.2 Å². The van der Waals surface area contributed by atoms with Crippen LogP contribution < -0.4 is 0 Å². The van der Waals surface area contributed by atoms with Gasteiger partial charge in [-0.05, 0) is 49.1 Å². The molecule has 1 N–H and O–H groups in total. The van der Waals surface area contributed by atoms with Crippen molar-refractivity contribution >= 4 is 0 Å². The number of hydrogen-bond acceptors (Lipinski definition) is 1. The summed E-state index contributed by atoms with van der Waals surface area (Å²) in [5, 5.41) is 9.42. The molecule has 0 aromatic heterocycles. The first-order valence-corrected chi connectivity index (χ1v) is 6.44. The molecule has 2 unspecified atom stereocenters. The van der Waals surface area contributed by atoms with Crippen LogP contribution in [0.1, 0.15) is 62.5 Å². The maximum atomic E-state index is 9.42. The van der Waals surface area contributed by atoms with Gasteiger partial charge in [-0.3, -0.25) is 0 Å². The van der Waals surface area contributed by atoms with Gasteiger partial charge in [0.15, 0.2) is 0 Å². The van der Waals surface area contributed by atoms with Gasteiger partial charge in [0.2, 0.25) is 0 Å². The van der Waals surface area contributed by atoms with Gasteiger partial charge >= 0.3 is 0 Å². The van der Waals surface area contributed by atoms with Gasteiger partial charge in [-0.2, -0.15) is 0 Å². The highest BCUT2D eigenvalue weighted by molar-refractivity contribution is 5.29. The summed E-state index contributed by atoms with van der Waals surface area (Å²) in [7, 11) is 0. The molecule has 0 heterocycles. The predicted molar refractivity (Wildman–Crippen MR) is 67.7 cm³/mol. The van der Waals surface area contributed by atoms with E-state index < -0.39 is 0 Å². The highest BCUT2D eigenvalue weighted by atomic mass is 16.3. The zero-order chi connectivity index (χ0) is 11.5. The first kappa shape index (κ1) is 11.7. The third kappa shape index (κ3) is 2.65. The topological polar surface area (TPSA) is 20.2 Å². The second kappa shape index (κ2) is 5.01. The summed E-state index contributed by atoms with van der Waals surface area (Å²) >= 11 is 0. The fraction of sp³-hybridized carbons (Fsp3) is 0.600. The molecule has 0 spiro atoms. The van der Waals surface area contributed by atoms with E-state index >= 15 is 0 Å². The molecule has 1 nitrogen and oxygen atoms in total. The molecule has 1 aliphatic rings. The summed E-state index contributed by atoms with van der Waals surface area (Å²) in [4.78, 5) is 0. The van der Waals surface area contributed by atoms with Gasteiger partial charge in [0.05, 0.1) is 6.10 Å². The molecule has 0 bridgehead atoms. The van der Waals surface area contributed by atoms with Gasteiger partial charge in [0, 0.05) is 0 Å². The summed E-state index contributed by atoms with van der Waals surface area (Å²) in [6.45, 7) is 4.07. The summed E-state index contributed by atoms with van der Waals surface area (Å²) < 4.78 is 0. The molecule has 1 heteroatoms. The number of aliphatic hydroxyl groups excluding tert-OH is 1. The summed E-state index contributed by atoms with van der Waals surface area (Å²) in [6, 6.07) is 8.95. The standard InChI is InChI=1S/C15H22O/c1-11(9-12(2)16)14-7-4-8-15(10-14)13-5-3-6-13/h4,7-8,10-13,16H,3,5-6,9H2,1-2H3. The molecule has 1 aliphatic carbocycles. The highest BCUT2D eigenvalue weighted by Crippen LogP contribution is 2.37. The summed E-state index contributed by atoms with van der Waals surface area (Å²) in [6.07, 6.45) is 4.75. The van der Waals surface area contributed by atoms with Crippen molar-refractivity contribution < 1.29 is 5.11 Å². The van der Waals surface area contributed by atoms with Crippen LogP contribution in [0, 0.1) is 0 Å². The van der Waals surface area contributed by atoms with E-state index in [1.165, 1.54) is 30.4 Å². The Hall–Kier alpha value is -0.820. The van der Waals surface area contributed by atoms with E-state index in [9.17, 15) is 5.11 Å². The second-order valence-corrected chi connectivity index (χ2v) is 5.28. The molecule has 0 aliphatic heterocycles. The first-order valence-electron chi connectivity index (χ1n) is 6.44. The van der Waals surface area contributed by atoms with Crippen molar-refractivity contribution in [2.24, 2.45) is 0 Å². The Balaban J connectivity index is 2.08. The van der Waals surface area contributed by atoms with Crippen molar-refractivity contribution in [3.05, 3.63) is 35.4 Å². The van der Waals surface area contributed by atoms with Gasteiger partial charge < -0.3 is 5.11 Å². The fourth-order valence-corrected chi connectivity index (χ4v) is 2.51. The molecular formula is C15H22O. The Kier molecular flexibility index (Phi) is 3.65. The average Bonchev–Trinajstić information content (AvgIpc) is 2.14. The normalized spacial score (nSPS) is 20.2. The van der Waals surface area contributed by atoms with E-state index in [1.807, 2.05) is 6.92 Å². The molecule has 2 rings (SSSR count). The van der Waals surface area contributed by atoms with Crippen LogP contribution in [0.15, 0.2) is 24.3 Å². The zero-order valence-electron chi connectivity index (χ0n) is 10.3. The molecule has 16 heavy (non-hydrogen) atoms. The highest BCUT2D eigenvalue weighted by Gasteiger charge is 2.20. The number of aliphatic hydroxyl groups is 1. The van der Waals surface area contributed by atoms with Gasteiger partial charge in [-0.15, -0.1) is 0 Å². The van der Waals surface area contributed by atoms with Crippen molar-refractivity contribution in [3.8, 4) is 0 Å². The van der Waals surface area contributed by atoms with Crippen molar-refractivity contribution in [1.29, 1.82) is 0 Å². The molecule has 0 saturated heterocycles. The summed E-state index contributed by atoms with van der Waals surface area (Å²) in [5.74, 6) is 1.26. The quantitative estimate of drug-likeness (QED) is 0.814. The lowest BCUT2D eigenvalue weighted by atomic mass is 9.79. The minimum absolute atomic E-state index is 0.206. The third-order valence-corrected chi connectivity index (χ3v) is 3.75. The third-order valence-electron chi connectivity index (χ3n) is 3.75. The lowest BCUT2D eigenvalue weighted by molar-refractivity contribution is 0.176. The molecule has 88 valence electrons. The van der Waals surface area contributed by atoms with E-state index in [0.29, 0.717) is 5.92 Å². The Morgan fingerprint density at radius 2 is 2.06 bits per heavy atom. The maximum Gasteiger partial charge on any atom is 0.0517 e. The molecule has 0 amide bonds. The van der Waals surface area contributed by atoms with E-state index in [-0.39, 0.29) is 6.10 Å². The first-order chi connectivity index (χ1) is 7.66. The van der Waals surface area contributed by atoms with Gasteiger partial charge in [0.1, 0.15) is 0 Å². The van der Waals surface area contributed by atoms with Crippen LogP contribution in [0.5, 0.6) is 0 Å². The molecule has 1 fully saturated rings. The number of benzene rings is 1. The van der Waals surface area contributed by atoms with Gasteiger partial charge in [0.25, 0.3) is 0 Å². The van der Waals surface area contributed by atoms with Crippen molar-refractivity contribution in [3.63, 3.8) is 0 Å². The van der Waals surface area contributed by atoms with E-state index in [0.717, 1.165) is 12.3 Å². The van der Waals surface area contributed by atoms with Crippen LogP contribution in [0.3, 0.4) is 0 Å². The molecular weight excluding hydrogens is 196 g/mol. The van der Waals surface area contributed by atoms with Gasteiger partial charge in [-0.1, -0.05) is 37.6 Å². The lowest BCUT2D eigenvalue weighted by Crippen LogP contribution is -2.10. The number of rotatable bonds is 4. The van der Waals surface area contributed by atoms with Crippen LogP contribution in [-0.2, 0) is 0 Å². The molecule has 2 atom stereocenters. The molecule has 0 radical (unpaired) electrons. The zero-order valence-corrected chi connectivity index (χ0v) is 10.3. The molecule has 1 aromatic carbocycles. The molecule has 1 saturated carbocycles. The van der Waals surface area contributed by atoms with Crippen LogP contribution in [0.2, 0.25) is 0 Å². The van der Waals surface area contributed by atoms with Crippen molar-refractivity contribution in [2.75, 3.05) is 0 Å². The van der Waals surface area contributed by atoms with Crippen LogP contribution in [0.25, 0.3) is 0 Å². The minimum Gasteiger partial charge on any atom is -0.393 e. The largest absolute Gasteiger partial charge is 0.393 e.